The van der Waals surface area contributed by atoms with Crippen LogP contribution in [0.25, 0.3) is 0 Å². The van der Waals surface area contributed by atoms with Gasteiger partial charge in [-0.25, -0.2) is 0 Å². The lowest BCUT2D eigenvalue weighted by molar-refractivity contribution is -0.135. The predicted octanol–water partition coefficient (Wildman–Crippen LogP) is 2.50. The monoisotopic (exact) mass is 614 g/mol. The lowest BCUT2D eigenvalue weighted by atomic mass is 9.98. The smallest absolute Gasteiger partial charge is 0.243 e. The van der Waals surface area contributed by atoms with Gasteiger partial charge >= 0.3 is 0 Å². The van der Waals surface area contributed by atoms with Gasteiger partial charge in [0.05, 0.1) is 0 Å². The van der Waals surface area contributed by atoms with Crippen molar-refractivity contribution >= 4 is 35.2 Å². The average Bonchev–Trinajstić information content (AvgIpc) is 2.93. The molecule has 1 aromatic carbocycles. The van der Waals surface area contributed by atoms with Gasteiger partial charge in [-0.1, -0.05) is 67.5 Å². The van der Waals surface area contributed by atoms with Gasteiger partial charge in [0.1, 0.15) is 30.2 Å². The number of benzene rings is 1. The third-order valence-corrected chi connectivity index (χ3v) is 7.58. The Hall–Kier alpha value is -3.63. The molecule has 246 valence electrons. The first-order valence-electron chi connectivity index (χ1n) is 15.9. The molecule has 1 heterocycles. The third-order valence-electron chi connectivity index (χ3n) is 7.58. The molecule has 5 atom stereocenters. The zero-order chi connectivity index (χ0) is 33.1. The quantitative estimate of drug-likeness (QED) is 0.238. The van der Waals surface area contributed by atoms with Crippen molar-refractivity contribution < 1.29 is 24.0 Å². The summed E-state index contributed by atoms with van der Waals surface area (Å²) in [5.41, 5.74) is 1.71. The zero-order valence-electron chi connectivity index (χ0n) is 27.9. The van der Waals surface area contributed by atoms with Gasteiger partial charge in [-0.2, -0.15) is 0 Å². The molecule has 1 fully saturated rings. The number of anilines is 1. The van der Waals surface area contributed by atoms with E-state index < -0.39 is 59.7 Å². The van der Waals surface area contributed by atoms with Crippen LogP contribution in [-0.4, -0.2) is 66.8 Å². The topological polar surface area (TPSA) is 158 Å². The van der Waals surface area contributed by atoms with Gasteiger partial charge in [0, 0.05) is 19.2 Å². The Morgan fingerprint density at radius 1 is 0.545 bits per heavy atom. The van der Waals surface area contributed by atoms with Crippen molar-refractivity contribution in [3.05, 3.63) is 29.8 Å². The van der Waals surface area contributed by atoms with Crippen molar-refractivity contribution in [2.45, 2.75) is 111 Å². The third kappa shape index (κ3) is 11.5. The second-order valence-corrected chi connectivity index (χ2v) is 13.5. The van der Waals surface area contributed by atoms with Crippen LogP contribution < -0.4 is 31.9 Å². The standard InChI is InChI=1S/C33H54N6O5/c1-18(2)14-24-29(40)36-26(16-20(5)6)32(43)39-28(21(7)8)33(44)38-25(15-19(3)4)30(41)37-27(31(42)35-24)17-22-10-12-23(34-9)13-11-22/h10-13,18-21,24-28,34H,14-17H2,1-9H3,(H,35,42)(H,36,40)(H,37,41)(H,38,44)(H,39,43)/t24-,25+,26+,27-,28-/m1/s1. The van der Waals surface area contributed by atoms with Gasteiger partial charge in [-0.3, -0.25) is 24.0 Å². The van der Waals surface area contributed by atoms with Gasteiger partial charge in [-0.05, 0) is 60.6 Å². The van der Waals surface area contributed by atoms with Crippen molar-refractivity contribution in [1.29, 1.82) is 0 Å². The highest BCUT2D eigenvalue weighted by Crippen LogP contribution is 2.15. The molecule has 11 heteroatoms. The Morgan fingerprint density at radius 3 is 1.30 bits per heavy atom. The number of rotatable bonds is 10. The molecule has 0 spiro atoms. The summed E-state index contributed by atoms with van der Waals surface area (Å²) in [6.07, 6.45) is 1.17. The highest BCUT2D eigenvalue weighted by Gasteiger charge is 2.36. The minimum atomic E-state index is -1.02. The van der Waals surface area contributed by atoms with E-state index in [-0.39, 0.29) is 30.1 Å². The number of amides is 5. The molecule has 6 N–H and O–H groups in total. The van der Waals surface area contributed by atoms with Gasteiger partial charge in [-0.15, -0.1) is 0 Å². The van der Waals surface area contributed by atoms with Crippen LogP contribution in [-0.2, 0) is 30.4 Å². The maximum absolute atomic E-state index is 13.8. The zero-order valence-corrected chi connectivity index (χ0v) is 27.9. The van der Waals surface area contributed by atoms with Gasteiger partial charge in [0.2, 0.25) is 29.5 Å². The molecule has 1 aliphatic heterocycles. The first kappa shape index (κ1) is 36.6. The second-order valence-electron chi connectivity index (χ2n) is 13.5. The molecule has 0 saturated carbocycles. The van der Waals surface area contributed by atoms with E-state index in [1.54, 1.807) is 0 Å². The van der Waals surface area contributed by atoms with Gasteiger partial charge < -0.3 is 31.9 Å². The Balaban J connectivity index is 2.60. The molecular formula is C33H54N6O5. The highest BCUT2D eigenvalue weighted by atomic mass is 16.2. The highest BCUT2D eigenvalue weighted by molar-refractivity contribution is 5.98. The lowest BCUT2D eigenvalue weighted by Gasteiger charge is -2.28. The molecule has 11 nitrogen and oxygen atoms in total. The molecule has 1 aromatic rings. The maximum Gasteiger partial charge on any atom is 0.243 e. The van der Waals surface area contributed by atoms with Crippen LogP contribution >= 0.6 is 0 Å². The number of nitrogens with one attached hydrogen (secondary N) is 6. The molecule has 5 amide bonds. The molecular weight excluding hydrogens is 560 g/mol. The summed E-state index contributed by atoms with van der Waals surface area (Å²) in [6.45, 7) is 15.3. The van der Waals surface area contributed by atoms with Crippen molar-refractivity contribution in [2.24, 2.45) is 23.7 Å². The summed E-state index contributed by atoms with van der Waals surface area (Å²) in [5, 5.41) is 17.3. The Labute approximate surface area is 262 Å². The van der Waals surface area contributed by atoms with Crippen LogP contribution in [0.15, 0.2) is 24.3 Å². The minimum Gasteiger partial charge on any atom is -0.388 e. The molecule has 0 unspecified atom stereocenters. The Morgan fingerprint density at radius 2 is 0.909 bits per heavy atom. The van der Waals surface area contributed by atoms with E-state index in [0.29, 0.717) is 19.3 Å². The maximum atomic E-state index is 13.8. The largest absolute Gasteiger partial charge is 0.388 e. The molecule has 1 aliphatic rings. The number of hydrogen-bond donors (Lipinski definition) is 6. The van der Waals surface area contributed by atoms with E-state index in [2.05, 4.69) is 31.9 Å². The molecule has 1 saturated heterocycles. The van der Waals surface area contributed by atoms with E-state index in [9.17, 15) is 24.0 Å². The summed E-state index contributed by atoms with van der Waals surface area (Å²) in [4.78, 5) is 68.3. The van der Waals surface area contributed by atoms with Crippen LogP contribution in [0.2, 0.25) is 0 Å². The van der Waals surface area contributed by atoms with E-state index >= 15 is 0 Å². The molecule has 0 radical (unpaired) electrons. The van der Waals surface area contributed by atoms with Crippen molar-refractivity contribution in [2.75, 3.05) is 12.4 Å². The Bertz CT molecular complexity index is 1130. The fourth-order valence-corrected chi connectivity index (χ4v) is 5.23. The Kier molecular flexibility index (Phi) is 14.1. The SMILES string of the molecule is CNc1ccc(C[C@H]2NC(=O)[C@H](CC(C)C)NC(=O)[C@@H](C(C)C)NC(=O)[C@H](CC(C)C)NC(=O)[C@@H](CC(C)C)NC2=O)cc1. The molecule has 44 heavy (non-hydrogen) atoms. The normalized spacial score (nSPS) is 24.3. The van der Waals surface area contributed by atoms with Gasteiger partial charge in [0.15, 0.2) is 0 Å². The number of carbonyl (C=O) groups is 5. The average molecular weight is 615 g/mol. The van der Waals surface area contributed by atoms with Crippen molar-refractivity contribution in [1.82, 2.24) is 26.6 Å². The summed E-state index contributed by atoms with van der Waals surface area (Å²) < 4.78 is 0. The minimum absolute atomic E-state index is 0.0502. The van der Waals surface area contributed by atoms with Crippen LogP contribution in [0.1, 0.15) is 80.2 Å². The van der Waals surface area contributed by atoms with E-state index in [4.69, 9.17) is 0 Å². The lowest BCUT2D eigenvalue weighted by Crippen LogP contribution is -2.59. The first-order chi connectivity index (χ1) is 20.6. The summed E-state index contributed by atoms with van der Waals surface area (Å²) >= 11 is 0. The van der Waals surface area contributed by atoms with Crippen LogP contribution in [0, 0.1) is 23.7 Å². The van der Waals surface area contributed by atoms with Gasteiger partial charge in [0.25, 0.3) is 0 Å². The summed E-state index contributed by atoms with van der Waals surface area (Å²) in [5.74, 6) is -2.64. The second kappa shape index (κ2) is 17.0. The van der Waals surface area contributed by atoms with Crippen LogP contribution in [0.4, 0.5) is 5.69 Å². The molecule has 0 bridgehead atoms. The summed E-state index contributed by atoms with van der Waals surface area (Å²) in [6, 6.07) is 2.75. The predicted molar refractivity (Wildman–Crippen MR) is 173 cm³/mol. The molecule has 0 aliphatic carbocycles. The molecule has 2 rings (SSSR count). The number of hydrogen-bond acceptors (Lipinski definition) is 6. The van der Waals surface area contributed by atoms with Crippen molar-refractivity contribution in [3.8, 4) is 0 Å². The first-order valence-corrected chi connectivity index (χ1v) is 15.9. The van der Waals surface area contributed by atoms with E-state index in [1.165, 1.54) is 0 Å². The van der Waals surface area contributed by atoms with Crippen molar-refractivity contribution in [3.63, 3.8) is 0 Å². The fourth-order valence-electron chi connectivity index (χ4n) is 5.23. The number of carbonyl (C=O) groups excluding carboxylic acids is 5. The van der Waals surface area contributed by atoms with E-state index in [1.807, 2.05) is 86.7 Å². The summed E-state index contributed by atoms with van der Waals surface area (Å²) in [7, 11) is 1.81. The van der Waals surface area contributed by atoms with Crippen LogP contribution in [0.3, 0.4) is 0 Å². The molecule has 0 aromatic heterocycles. The fraction of sp³-hybridized carbons (Fsp3) is 0.667. The van der Waals surface area contributed by atoms with E-state index in [0.717, 1.165) is 11.3 Å². The van der Waals surface area contributed by atoms with Crippen LogP contribution in [0.5, 0.6) is 0 Å².